The van der Waals surface area contributed by atoms with Gasteiger partial charge in [-0.1, -0.05) is 96.2 Å². The van der Waals surface area contributed by atoms with Gasteiger partial charge >= 0.3 is 0 Å². The Kier molecular flexibility index (Phi) is 7.80. The standard InChI is InChI=1S/C30H28N6OS/c1-21-15-17-23(18-16-21)19-32-34-29(37)22(2)38-30-35-33-28(36(30)25-11-4-3-5-12-25)20-31-27-14-8-10-24-9-6-7-13-26(24)27/h3-19,22,31H,20H2,1-2H3,(H,34,37)/t22-/m1/s1. The van der Waals surface area contributed by atoms with Crippen LogP contribution in [-0.4, -0.2) is 32.1 Å². The first kappa shape index (κ1) is 25.2. The van der Waals surface area contributed by atoms with Crippen molar-refractivity contribution in [1.29, 1.82) is 0 Å². The van der Waals surface area contributed by atoms with Gasteiger partial charge in [0.2, 0.25) is 0 Å². The molecule has 1 amide bonds. The molecule has 5 aromatic rings. The van der Waals surface area contributed by atoms with Crippen molar-refractivity contribution >= 4 is 40.3 Å². The molecule has 0 aliphatic carbocycles. The van der Waals surface area contributed by atoms with E-state index in [1.54, 1.807) is 6.21 Å². The molecule has 7 nitrogen and oxygen atoms in total. The van der Waals surface area contributed by atoms with Gasteiger partial charge in [0.05, 0.1) is 18.0 Å². The molecule has 38 heavy (non-hydrogen) atoms. The van der Waals surface area contributed by atoms with Crippen molar-refractivity contribution in [3.8, 4) is 5.69 Å². The van der Waals surface area contributed by atoms with E-state index in [0.717, 1.165) is 28.1 Å². The van der Waals surface area contributed by atoms with E-state index >= 15 is 0 Å². The van der Waals surface area contributed by atoms with Crippen LogP contribution in [0.3, 0.4) is 0 Å². The fourth-order valence-electron chi connectivity index (χ4n) is 4.01. The maximum Gasteiger partial charge on any atom is 0.253 e. The number of rotatable bonds is 9. The van der Waals surface area contributed by atoms with Gasteiger partial charge in [0.1, 0.15) is 0 Å². The van der Waals surface area contributed by atoms with E-state index < -0.39 is 5.25 Å². The molecule has 0 spiro atoms. The number of aryl methyl sites for hydroxylation is 1. The molecule has 0 aliphatic rings. The molecule has 0 saturated heterocycles. The maximum absolute atomic E-state index is 12.8. The van der Waals surface area contributed by atoms with Gasteiger partial charge in [-0.2, -0.15) is 5.10 Å². The average molecular weight is 521 g/mol. The zero-order chi connectivity index (χ0) is 26.3. The maximum atomic E-state index is 12.8. The van der Waals surface area contributed by atoms with E-state index in [-0.39, 0.29) is 5.91 Å². The Hall–Kier alpha value is -4.43. The molecule has 4 aromatic carbocycles. The number of hydrogen-bond donors (Lipinski definition) is 2. The highest BCUT2D eigenvalue weighted by atomic mass is 32.2. The second-order valence-electron chi connectivity index (χ2n) is 8.86. The Balaban J connectivity index is 1.32. The van der Waals surface area contributed by atoms with Crippen molar-refractivity contribution in [2.75, 3.05) is 5.32 Å². The number of nitrogens with one attached hydrogen (secondary N) is 2. The van der Waals surface area contributed by atoms with Gasteiger partial charge in [0.25, 0.3) is 5.91 Å². The molecule has 0 bridgehead atoms. The van der Waals surface area contributed by atoms with Crippen LogP contribution in [-0.2, 0) is 11.3 Å². The first-order valence-electron chi connectivity index (χ1n) is 12.4. The monoisotopic (exact) mass is 520 g/mol. The zero-order valence-corrected chi connectivity index (χ0v) is 22.0. The molecule has 2 N–H and O–H groups in total. The number of fused-ring (bicyclic) bond motifs is 1. The van der Waals surface area contributed by atoms with Gasteiger partial charge in [-0.25, -0.2) is 5.43 Å². The van der Waals surface area contributed by atoms with Crippen LogP contribution in [0.5, 0.6) is 0 Å². The normalized spacial score (nSPS) is 12.1. The second-order valence-corrected chi connectivity index (χ2v) is 10.2. The third-order valence-corrected chi connectivity index (χ3v) is 7.10. The molecule has 190 valence electrons. The van der Waals surface area contributed by atoms with Crippen molar-refractivity contribution in [3.05, 3.63) is 114 Å². The van der Waals surface area contributed by atoms with Crippen LogP contribution >= 0.6 is 11.8 Å². The third kappa shape index (κ3) is 5.92. The molecule has 0 unspecified atom stereocenters. The van der Waals surface area contributed by atoms with Gasteiger partial charge in [-0.15, -0.1) is 10.2 Å². The van der Waals surface area contributed by atoms with Crippen LogP contribution in [0.15, 0.2) is 107 Å². The molecule has 1 atom stereocenters. The molecular formula is C30H28N6OS. The number of hydrogen-bond acceptors (Lipinski definition) is 6. The highest BCUT2D eigenvalue weighted by Gasteiger charge is 2.21. The molecule has 0 saturated carbocycles. The van der Waals surface area contributed by atoms with E-state index in [1.807, 2.05) is 91.2 Å². The molecule has 8 heteroatoms. The smallest absolute Gasteiger partial charge is 0.253 e. The average Bonchev–Trinajstić information content (AvgIpc) is 3.35. The molecule has 0 fully saturated rings. The van der Waals surface area contributed by atoms with Crippen LogP contribution < -0.4 is 10.7 Å². The van der Waals surface area contributed by atoms with E-state index in [0.29, 0.717) is 11.7 Å². The summed E-state index contributed by atoms with van der Waals surface area (Å²) in [5, 5.41) is 19.1. The summed E-state index contributed by atoms with van der Waals surface area (Å²) in [7, 11) is 0. The quantitative estimate of drug-likeness (QED) is 0.142. The van der Waals surface area contributed by atoms with Crippen molar-refractivity contribution in [2.45, 2.75) is 30.8 Å². The number of anilines is 1. The zero-order valence-electron chi connectivity index (χ0n) is 21.2. The summed E-state index contributed by atoms with van der Waals surface area (Å²) in [5.41, 5.74) is 6.68. The van der Waals surface area contributed by atoms with Gasteiger partial charge in [0, 0.05) is 16.8 Å². The summed E-state index contributed by atoms with van der Waals surface area (Å²) in [5.74, 6) is 0.535. The largest absolute Gasteiger partial charge is 0.377 e. The predicted octanol–water partition coefficient (Wildman–Crippen LogP) is 5.97. The minimum atomic E-state index is -0.435. The summed E-state index contributed by atoms with van der Waals surface area (Å²) in [6, 6.07) is 32.3. The number of carbonyl (C=O) groups is 1. The number of carbonyl (C=O) groups excluding carboxylic acids is 1. The van der Waals surface area contributed by atoms with Gasteiger partial charge in [-0.05, 0) is 43.0 Å². The van der Waals surface area contributed by atoms with Gasteiger partial charge in [0.15, 0.2) is 11.0 Å². The Morgan fingerprint density at radius 1 is 0.947 bits per heavy atom. The topological polar surface area (TPSA) is 84.2 Å². The lowest BCUT2D eigenvalue weighted by Crippen LogP contribution is -2.27. The number of amides is 1. The lowest BCUT2D eigenvalue weighted by Gasteiger charge is -2.14. The first-order chi connectivity index (χ1) is 18.6. The van der Waals surface area contributed by atoms with E-state index in [2.05, 4.69) is 50.3 Å². The Bertz CT molecular complexity index is 1560. The summed E-state index contributed by atoms with van der Waals surface area (Å²) in [6.45, 7) is 4.33. The molecule has 0 radical (unpaired) electrons. The van der Waals surface area contributed by atoms with Crippen LogP contribution in [0.2, 0.25) is 0 Å². The number of hydrazone groups is 1. The van der Waals surface area contributed by atoms with Gasteiger partial charge in [-0.3, -0.25) is 9.36 Å². The Morgan fingerprint density at radius 3 is 2.50 bits per heavy atom. The van der Waals surface area contributed by atoms with Crippen LogP contribution in [0.1, 0.15) is 23.9 Å². The van der Waals surface area contributed by atoms with Crippen molar-refractivity contribution in [3.63, 3.8) is 0 Å². The summed E-state index contributed by atoms with van der Waals surface area (Å²) < 4.78 is 1.99. The van der Waals surface area contributed by atoms with E-state index in [9.17, 15) is 4.79 Å². The fraction of sp³-hybridized carbons (Fsp3) is 0.133. The number of benzene rings is 4. The van der Waals surface area contributed by atoms with Crippen LogP contribution in [0.4, 0.5) is 5.69 Å². The minimum Gasteiger partial charge on any atom is -0.377 e. The Labute approximate surface area is 226 Å². The van der Waals surface area contributed by atoms with E-state index in [1.165, 1.54) is 22.7 Å². The first-order valence-corrected chi connectivity index (χ1v) is 13.2. The predicted molar refractivity (Wildman–Crippen MR) is 155 cm³/mol. The van der Waals surface area contributed by atoms with Crippen molar-refractivity contribution < 1.29 is 4.79 Å². The molecule has 1 heterocycles. The second kappa shape index (κ2) is 11.7. The SMILES string of the molecule is Cc1ccc(C=NNC(=O)[C@@H](C)Sc2nnc(CNc3cccc4ccccc34)n2-c2ccccc2)cc1. The van der Waals surface area contributed by atoms with E-state index in [4.69, 9.17) is 0 Å². The lowest BCUT2D eigenvalue weighted by molar-refractivity contribution is -0.120. The highest BCUT2D eigenvalue weighted by Crippen LogP contribution is 2.27. The number of aromatic nitrogens is 3. The third-order valence-electron chi connectivity index (χ3n) is 6.06. The van der Waals surface area contributed by atoms with Crippen molar-refractivity contribution in [2.24, 2.45) is 5.10 Å². The summed E-state index contributed by atoms with van der Waals surface area (Å²) in [4.78, 5) is 12.8. The summed E-state index contributed by atoms with van der Waals surface area (Å²) in [6.07, 6.45) is 1.64. The Morgan fingerprint density at radius 2 is 1.68 bits per heavy atom. The molecular weight excluding hydrogens is 492 g/mol. The molecule has 0 aliphatic heterocycles. The number of para-hydroxylation sites is 1. The number of thioether (sulfide) groups is 1. The van der Waals surface area contributed by atoms with Gasteiger partial charge < -0.3 is 5.32 Å². The van der Waals surface area contributed by atoms with Crippen LogP contribution in [0.25, 0.3) is 16.5 Å². The minimum absolute atomic E-state index is 0.212. The lowest BCUT2D eigenvalue weighted by atomic mass is 10.1. The van der Waals surface area contributed by atoms with Crippen molar-refractivity contribution in [1.82, 2.24) is 20.2 Å². The highest BCUT2D eigenvalue weighted by molar-refractivity contribution is 8.00. The summed E-state index contributed by atoms with van der Waals surface area (Å²) >= 11 is 1.34. The molecule has 1 aromatic heterocycles. The fourth-order valence-corrected chi connectivity index (χ4v) is 4.89. The number of nitrogens with zero attached hydrogens (tertiary/aromatic N) is 4. The molecule has 5 rings (SSSR count). The van der Waals surface area contributed by atoms with Crippen LogP contribution in [0, 0.1) is 6.92 Å².